The van der Waals surface area contributed by atoms with Gasteiger partial charge in [-0.25, -0.2) is 5.43 Å². The number of halogens is 1. The first-order valence-corrected chi connectivity index (χ1v) is 7.55. The van der Waals surface area contributed by atoms with E-state index in [0.717, 1.165) is 10.0 Å². The summed E-state index contributed by atoms with van der Waals surface area (Å²) in [6.45, 7) is 3.81. The van der Waals surface area contributed by atoms with E-state index in [9.17, 15) is 4.79 Å². The van der Waals surface area contributed by atoms with Crippen molar-refractivity contribution < 1.29 is 9.53 Å². The van der Waals surface area contributed by atoms with Crippen LogP contribution in [0.25, 0.3) is 0 Å². The lowest BCUT2D eigenvalue weighted by Gasteiger charge is -2.13. The summed E-state index contributed by atoms with van der Waals surface area (Å²) in [4.78, 5) is 16.2. The smallest absolute Gasteiger partial charge is 0.275 e. The van der Waals surface area contributed by atoms with Crippen LogP contribution < -0.4 is 10.2 Å². The summed E-state index contributed by atoms with van der Waals surface area (Å²) >= 11 is 3.35. The normalized spacial score (nSPS) is 10.9. The van der Waals surface area contributed by atoms with Crippen molar-refractivity contribution in [3.8, 4) is 5.75 Å². The fraction of sp³-hybridized carbons (Fsp3) is 0.188. The molecule has 0 saturated carbocycles. The molecule has 0 aliphatic heterocycles. The Balaban J connectivity index is 2.12. The van der Waals surface area contributed by atoms with E-state index in [0.29, 0.717) is 11.3 Å². The van der Waals surface area contributed by atoms with E-state index in [-0.39, 0.29) is 12.0 Å². The van der Waals surface area contributed by atoms with Gasteiger partial charge in [-0.2, -0.15) is 5.10 Å². The molecule has 22 heavy (non-hydrogen) atoms. The number of carbonyl (C=O) groups is 1. The molecular formula is C16H16BrN3O2. The molecule has 2 rings (SSSR count). The van der Waals surface area contributed by atoms with Crippen molar-refractivity contribution in [3.63, 3.8) is 0 Å². The van der Waals surface area contributed by atoms with Gasteiger partial charge in [0.15, 0.2) is 0 Å². The highest BCUT2D eigenvalue weighted by Crippen LogP contribution is 2.24. The molecule has 1 aromatic heterocycles. The molecule has 0 saturated heterocycles. The maximum atomic E-state index is 12.2. The predicted molar refractivity (Wildman–Crippen MR) is 89.2 cm³/mol. The van der Waals surface area contributed by atoms with Gasteiger partial charge < -0.3 is 4.74 Å². The lowest BCUT2D eigenvalue weighted by molar-refractivity contribution is 0.0949. The second-order valence-corrected chi connectivity index (χ2v) is 5.71. The van der Waals surface area contributed by atoms with Crippen molar-refractivity contribution in [1.29, 1.82) is 0 Å². The number of hydrogen-bond donors (Lipinski definition) is 1. The van der Waals surface area contributed by atoms with Gasteiger partial charge >= 0.3 is 0 Å². The number of nitrogens with zero attached hydrogens (tertiary/aromatic N) is 2. The SMILES string of the molecule is CC(C)Oc1ccc(Br)cc1C(=O)N/N=C/c1cccnc1. The molecule has 1 aromatic carbocycles. The van der Waals surface area contributed by atoms with Crippen LogP contribution in [0.2, 0.25) is 0 Å². The predicted octanol–water partition coefficient (Wildman–Crippen LogP) is 3.40. The number of aromatic nitrogens is 1. The van der Waals surface area contributed by atoms with Gasteiger partial charge in [0, 0.05) is 22.4 Å². The standard InChI is InChI=1S/C16H16BrN3O2/c1-11(2)22-15-6-5-13(17)8-14(15)16(21)20-19-10-12-4-3-7-18-9-12/h3-11H,1-2H3,(H,20,21)/b19-10+. The summed E-state index contributed by atoms with van der Waals surface area (Å²) in [5.41, 5.74) is 3.71. The van der Waals surface area contributed by atoms with Crippen molar-refractivity contribution in [2.75, 3.05) is 0 Å². The van der Waals surface area contributed by atoms with Gasteiger partial charge in [-0.15, -0.1) is 0 Å². The van der Waals surface area contributed by atoms with Crippen LogP contribution in [0, 0.1) is 0 Å². The third-order valence-corrected chi connectivity index (χ3v) is 3.11. The first-order valence-electron chi connectivity index (χ1n) is 6.76. The van der Waals surface area contributed by atoms with Crippen LogP contribution in [-0.2, 0) is 0 Å². The molecular weight excluding hydrogens is 346 g/mol. The number of ether oxygens (including phenoxy) is 1. The minimum absolute atomic E-state index is 0.0216. The van der Waals surface area contributed by atoms with Crippen LogP contribution in [-0.4, -0.2) is 23.2 Å². The third kappa shape index (κ3) is 4.66. The van der Waals surface area contributed by atoms with Crippen LogP contribution in [0.15, 0.2) is 52.3 Å². The maximum absolute atomic E-state index is 12.2. The zero-order valence-corrected chi connectivity index (χ0v) is 13.9. The van der Waals surface area contributed by atoms with Crippen LogP contribution in [0.1, 0.15) is 29.8 Å². The van der Waals surface area contributed by atoms with Crippen molar-refractivity contribution in [1.82, 2.24) is 10.4 Å². The number of rotatable bonds is 5. The Morgan fingerprint density at radius 1 is 1.41 bits per heavy atom. The molecule has 0 aliphatic carbocycles. The number of benzene rings is 1. The van der Waals surface area contributed by atoms with Gasteiger partial charge in [-0.1, -0.05) is 22.0 Å². The Morgan fingerprint density at radius 3 is 2.91 bits per heavy atom. The first kappa shape index (κ1) is 16.2. The Morgan fingerprint density at radius 2 is 2.23 bits per heavy atom. The molecule has 2 aromatic rings. The molecule has 0 aliphatic rings. The van der Waals surface area contributed by atoms with Crippen LogP contribution in [0.5, 0.6) is 5.75 Å². The highest BCUT2D eigenvalue weighted by molar-refractivity contribution is 9.10. The average molecular weight is 362 g/mol. The van der Waals surface area contributed by atoms with Crippen molar-refractivity contribution >= 4 is 28.1 Å². The summed E-state index contributed by atoms with van der Waals surface area (Å²) in [6.07, 6.45) is 4.84. The molecule has 1 N–H and O–H groups in total. The number of amides is 1. The topological polar surface area (TPSA) is 63.6 Å². The van der Waals surface area contributed by atoms with Gasteiger partial charge in [-0.3, -0.25) is 9.78 Å². The Hall–Kier alpha value is -2.21. The molecule has 6 heteroatoms. The Kier molecular flexibility index (Phi) is 5.66. The average Bonchev–Trinajstić information content (AvgIpc) is 2.49. The number of nitrogens with one attached hydrogen (secondary N) is 1. The van der Waals surface area contributed by atoms with Gasteiger partial charge in [0.2, 0.25) is 0 Å². The van der Waals surface area contributed by atoms with E-state index in [4.69, 9.17) is 4.74 Å². The van der Waals surface area contributed by atoms with Crippen LogP contribution >= 0.6 is 15.9 Å². The molecule has 0 fully saturated rings. The van der Waals surface area contributed by atoms with E-state index in [1.54, 1.807) is 30.6 Å². The minimum atomic E-state index is -0.336. The van der Waals surface area contributed by atoms with E-state index in [1.807, 2.05) is 26.0 Å². The first-order chi connectivity index (χ1) is 10.6. The Labute approximate surface area is 137 Å². The van der Waals surface area contributed by atoms with Gasteiger partial charge in [-0.05, 0) is 38.1 Å². The van der Waals surface area contributed by atoms with E-state index >= 15 is 0 Å². The summed E-state index contributed by atoms with van der Waals surface area (Å²) in [6, 6.07) is 8.92. The van der Waals surface area contributed by atoms with Crippen molar-refractivity contribution in [2.45, 2.75) is 20.0 Å². The quantitative estimate of drug-likeness (QED) is 0.655. The lowest BCUT2D eigenvalue weighted by Crippen LogP contribution is -2.20. The number of carbonyl (C=O) groups excluding carboxylic acids is 1. The van der Waals surface area contributed by atoms with E-state index in [2.05, 4.69) is 31.4 Å². The van der Waals surface area contributed by atoms with E-state index < -0.39 is 0 Å². The summed E-state index contributed by atoms with van der Waals surface area (Å²) < 4.78 is 6.44. The fourth-order valence-corrected chi connectivity index (χ4v) is 2.08. The molecule has 5 nitrogen and oxygen atoms in total. The largest absolute Gasteiger partial charge is 0.490 e. The minimum Gasteiger partial charge on any atom is -0.490 e. The second kappa shape index (κ2) is 7.70. The lowest BCUT2D eigenvalue weighted by atomic mass is 10.2. The molecule has 0 bridgehead atoms. The molecule has 0 unspecified atom stereocenters. The zero-order chi connectivity index (χ0) is 15.9. The maximum Gasteiger partial charge on any atom is 0.275 e. The summed E-state index contributed by atoms with van der Waals surface area (Å²) in [7, 11) is 0. The van der Waals surface area contributed by atoms with Gasteiger partial charge in [0.25, 0.3) is 5.91 Å². The number of pyridine rings is 1. The number of hydrazone groups is 1. The molecule has 0 spiro atoms. The van der Waals surface area contributed by atoms with Crippen LogP contribution in [0.3, 0.4) is 0 Å². The zero-order valence-electron chi connectivity index (χ0n) is 12.3. The van der Waals surface area contributed by atoms with Gasteiger partial charge in [0.1, 0.15) is 5.75 Å². The van der Waals surface area contributed by atoms with Crippen molar-refractivity contribution in [2.24, 2.45) is 5.10 Å². The van der Waals surface area contributed by atoms with Crippen LogP contribution in [0.4, 0.5) is 0 Å². The third-order valence-electron chi connectivity index (χ3n) is 2.61. The summed E-state index contributed by atoms with van der Waals surface area (Å²) in [5, 5.41) is 3.93. The fourth-order valence-electron chi connectivity index (χ4n) is 1.71. The monoisotopic (exact) mass is 361 g/mol. The molecule has 114 valence electrons. The highest BCUT2D eigenvalue weighted by Gasteiger charge is 2.13. The second-order valence-electron chi connectivity index (χ2n) is 4.79. The van der Waals surface area contributed by atoms with Gasteiger partial charge in [0.05, 0.1) is 17.9 Å². The van der Waals surface area contributed by atoms with E-state index in [1.165, 1.54) is 6.21 Å². The molecule has 0 radical (unpaired) electrons. The molecule has 0 atom stereocenters. The molecule has 1 amide bonds. The van der Waals surface area contributed by atoms with Crippen molar-refractivity contribution in [3.05, 3.63) is 58.3 Å². The Bertz CT molecular complexity index is 672. The molecule has 1 heterocycles. The number of hydrogen-bond acceptors (Lipinski definition) is 4. The summed E-state index contributed by atoms with van der Waals surface area (Å²) in [5.74, 6) is 0.185. The highest BCUT2D eigenvalue weighted by atomic mass is 79.9.